The number of hydrogen-bond donors (Lipinski definition) is 0. The Hall–Kier alpha value is -1.31. The zero-order valence-electron chi connectivity index (χ0n) is 11.5. The van der Waals surface area contributed by atoms with E-state index in [1.54, 1.807) is 0 Å². The first-order valence-corrected chi connectivity index (χ1v) is 6.39. The molecule has 0 saturated heterocycles. The van der Waals surface area contributed by atoms with E-state index in [0.717, 1.165) is 17.5 Å². The van der Waals surface area contributed by atoms with Gasteiger partial charge in [-0.05, 0) is 45.7 Å². The van der Waals surface area contributed by atoms with Gasteiger partial charge >= 0.3 is 0 Å². The summed E-state index contributed by atoms with van der Waals surface area (Å²) in [7, 11) is 0. The van der Waals surface area contributed by atoms with Crippen LogP contribution in [0.3, 0.4) is 0 Å². The summed E-state index contributed by atoms with van der Waals surface area (Å²) in [6.45, 7) is 10.3. The van der Waals surface area contributed by atoms with E-state index in [1.807, 2.05) is 29.2 Å². The SMILES string of the molecule is CCc1ccccc1C(=O)N(C(C)C)C(C)C. The van der Waals surface area contributed by atoms with Gasteiger partial charge in [0.25, 0.3) is 5.91 Å². The molecule has 0 aliphatic heterocycles. The maximum Gasteiger partial charge on any atom is 0.254 e. The minimum Gasteiger partial charge on any atom is -0.334 e. The highest BCUT2D eigenvalue weighted by Crippen LogP contribution is 2.16. The van der Waals surface area contributed by atoms with Crippen LogP contribution in [0.1, 0.15) is 50.5 Å². The molecule has 0 aliphatic carbocycles. The number of nitrogens with zero attached hydrogens (tertiary/aromatic N) is 1. The molecule has 0 radical (unpaired) electrons. The van der Waals surface area contributed by atoms with E-state index in [0.29, 0.717) is 0 Å². The van der Waals surface area contributed by atoms with Crippen molar-refractivity contribution in [1.82, 2.24) is 4.90 Å². The van der Waals surface area contributed by atoms with Crippen LogP contribution in [0, 0.1) is 0 Å². The van der Waals surface area contributed by atoms with Crippen molar-refractivity contribution in [2.45, 2.75) is 53.1 Å². The summed E-state index contributed by atoms with van der Waals surface area (Å²) < 4.78 is 0. The normalized spacial score (nSPS) is 11.0. The molecule has 0 aromatic heterocycles. The van der Waals surface area contributed by atoms with E-state index in [4.69, 9.17) is 0 Å². The first-order valence-electron chi connectivity index (χ1n) is 6.39. The van der Waals surface area contributed by atoms with E-state index < -0.39 is 0 Å². The van der Waals surface area contributed by atoms with Crippen molar-refractivity contribution in [3.8, 4) is 0 Å². The van der Waals surface area contributed by atoms with Crippen molar-refractivity contribution < 1.29 is 4.79 Å². The van der Waals surface area contributed by atoms with Crippen molar-refractivity contribution in [2.24, 2.45) is 0 Å². The molecule has 0 saturated carbocycles. The molecule has 0 unspecified atom stereocenters. The van der Waals surface area contributed by atoms with Gasteiger partial charge in [0.1, 0.15) is 0 Å². The van der Waals surface area contributed by atoms with Crippen LogP contribution in [0.15, 0.2) is 24.3 Å². The van der Waals surface area contributed by atoms with Crippen molar-refractivity contribution in [1.29, 1.82) is 0 Å². The first-order chi connectivity index (χ1) is 7.99. The Kier molecular flexibility index (Phi) is 4.73. The molecule has 1 aromatic rings. The van der Waals surface area contributed by atoms with Gasteiger partial charge in [-0.1, -0.05) is 25.1 Å². The predicted molar refractivity (Wildman–Crippen MR) is 72.3 cm³/mol. The molecule has 0 aliphatic rings. The molecule has 17 heavy (non-hydrogen) atoms. The number of hydrogen-bond acceptors (Lipinski definition) is 1. The fraction of sp³-hybridized carbons (Fsp3) is 0.533. The van der Waals surface area contributed by atoms with E-state index >= 15 is 0 Å². The van der Waals surface area contributed by atoms with Crippen molar-refractivity contribution in [2.75, 3.05) is 0 Å². The highest BCUT2D eigenvalue weighted by molar-refractivity contribution is 5.96. The number of carbonyl (C=O) groups excluding carboxylic acids is 1. The Morgan fingerprint density at radius 2 is 1.65 bits per heavy atom. The number of carbonyl (C=O) groups is 1. The molecule has 0 fully saturated rings. The van der Waals surface area contributed by atoms with Gasteiger partial charge in [-0.3, -0.25) is 4.79 Å². The van der Waals surface area contributed by atoms with Crippen LogP contribution in [0.5, 0.6) is 0 Å². The monoisotopic (exact) mass is 233 g/mol. The van der Waals surface area contributed by atoms with Crippen molar-refractivity contribution >= 4 is 5.91 Å². The highest BCUT2D eigenvalue weighted by Gasteiger charge is 2.22. The van der Waals surface area contributed by atoms with E-state index in [9.17, 15) is 4.79 Å². The Morgan fingerprint density at radius 3 is 2.12 bits per heavy atom. The Bertz CT molecular complexity index is 374. The maximum absolute atomic E-state index is 12.5. The summed E-state index contributed by atoms with van der Waals surface area (Å²) in [4.78, 5) is 14.5. The number of rotatable bonds is 4. The first kappa shape index (κ1) is 13.8. The lowest BCUT2D eigenvalue weighted by molar-refractivity contribution is 0.0642. The second-order valence-corrected chi connectivity index (χ2v) is 4.91. The zero-order valence-corrected chi connectivity index (χ0v) is 11.5. The third-order valence-electron chi connectivity index (χ3n) is 2.98. The molecule has 0 atom stereocenters. The molecule has 2 heteroatoms. The van der Waals surface area contributed by atoms with Crippen LogP contribution in [-0.4, -0.2) is 22.9 Å². The topological polar surface area (TPSA) is 20.3 Å². The van der Waals surface area contributed by atoms with Gasteiger partial charge in [-0.2, -0.15) is 0 Å². The number of amides is 1. The molecule has 0 N–H and O–H groups in total. The third kappa shape index (κ3) is 3.09. The minimum atomic E-state index is 0.146. The summed E-state index contributed by atoms with van der Waals surface area (Å²) in [5, 5.41) is 0. The molecule has 0 bridgehead atoms. The molecule has 1 aromatic carbocycles. The average molecular weight is 233 g/mol. The number of benzene rings is 1. The molecule has 2 nitrogen and oxygen atoms in total. The fourth-order valence-electron chi connectivity index (χ4n) is 2.24. The van der Waals surface area contributed by atoms with Gasteiger partial charge in [0.2, 0.25) is 0 Å². The lowest BCUT2D eigenvalue weighted by atomic mass is 10.0. The molecule has 0 spiro atoms. The summed E-state index contributed by atoms with van der Waals surface area (Å²) in [5.41, 5.74) is 1.97. The Morgan fingerprint density at radius 1 is 1.12 bits per heavy atom. The molecular formula is C15H23NO. The van der Waals surface area contributed by atoms with Crippen LogP contribution < -0.4 is 0 Å². The highest BCUT2D eigenvalue weighted by atomic mass is 16.2. The summed E-state index contributed by atoms with van der Waals surface area (Å²) >= 11 is 0. The quantitative estimate of drug-likeness (QED) is 0.779. The van der Waals surface area contributed by atoms with Gasteiger partial charge in [-0.25, -0.2) is 0 Å². The van der Waals surface area contributed by atoms with Crippen molar-refractivity contribution in [3.63, 3.8) is 0 Å². The predicted octanol–water partition coefficient (Wildman–Crippen LogP) is 3.51. The maximum atomic E-state index is 12.5. The average Bonchev–Trinajstić information content (AvgIpc) is 2.27. The Labute approximate surface area is 105 Å². The smallest absolute Gasteiger partial charge is 0.254 e. The molecule has 94 valence electrons. The molecule has 1 amide bonds. The molecule has 0 heterocycles. The minimum absolute atomic E-state index is 0.146. The van der Waals surface area contributed by atoms with E-state index in [1.165, 1.54) is 0 Å². The molecule has 1 rings (SSSR count). The summed E-state index contributed by atoms with van der Waals surface area (Å²) in [6, 6.07) is 8.35. The van der Waals surface area contributed by atoms with Crippen molar-refractivity contribution in [3.05, 3.63) is 35.4 Å². The van der Waals surface area contributed by atoms with Gasteiger partial charge in [0.05, 0.1) is 0 Å². The second-order valence-electron chi connectivity index (χ2n) is 4.91. The van der Waals surface area contributed by atoms with Gasteiger partial charge in [0.15, 0.2) is 0 Å². The van der Waals surface area contributed by atoms with Crippen LogP contribution in [-0.2, 0) is 6.42 Å². The largest absolute Gasteiger partial charge is 0.334 e. The third-order valence-corrected chi connectivity index (χ3v) is 2.98. The van der Waals surface area contributed by atoms with Gasteiger partial charge in [0, 0.05) is 17.6 Å². The summed E-state index contributed by atoms with van der Waals surface area (Å²) in [5.74, 6) is 0.146. The second kappa shape index (κ2) is 5.85. The van der Waals surface area contributed by atoms with Crippen LogP contribution in [0.2, 0.25) is 0 Å². The summed E-state index contributed by atoms with van der Waals surface area (Å²) in [6.07, 6.45) is 0.895. The van der Waals surface area contributed by atoms with E-state index in [-0.39, 0.29) is 18.0 Å². The van der Waals surface area contributed by atoms with Crippen LogP contribution >= 0.6 is 0 Å². The van der Waals surface area contributed by atoms with Crippen LogP contribution in [0.4, 0.5) is 0 Å². The lowest BCUT2D eigenvalue weighted by Gasteiger charge is -2.31. The van der Waals surface area contributed by atoms with Crippen LogP contribution in [0.25, 0.3) is 0 Å². The van der Waals surface area contributed by atoms with Gasteiger partial charge in [-0.15, -0.1) is 0 Å². The lowest BCUT2D eigenvalue weighted by Crippen LogP contribution is -2.42. The fourth-order valence-corrected chi connectivity index (χ4v) is 2.24. The molecular weight excluding hydrogens is 210 g/mol. The van der Waals surface area contributed by atoms with Gasteiger partial charge < -0.3 is 4.90 Å². The zero-order chi connectivity index (χ0) is 13.0. The standard InChI is InChI=1S/C15H23NO/c1-6-13-9-7-8-10-14(13)15(17)16(11(2)3)12(4)5/h7-12H,6H2,1-5H3. The number of aryl methyl sites for hydroxylation is 1. The Balaban J connectivity index is 3.09. The van der Waals surface area contributed by atoms with E-state index in [2.05, 4.69) is 34.6 Å².